The molecule has 0 aliphatic carbocycles. The molecule has 2 aromatic heterocycles. The van der Waals surface area contributed by atoms with Gasteiger partial charge in [0.1, 0.15) is 4.64 Å². The second-order valence-corrected chi connectivity index (χ2v) is 5.42. The Balaban J connectivity index is 2.22. The van der Waals surface area contributed by atoms with Crippen LogP contribution >= 0.6 is 12.2 Å². The van der Waals surface area contributed by atoms with E-state index in [-0.39, 0.29) is 0 Å². The SMILES string of the molecule is Cc1ccc2cc(-c3n[nH]c(=S)c(C)c3C)ccc2n1. The van der Waals surface area contributed by atoms with Crippen LogP contribution in [0.1, 0.15) is 16.8 Å². The van der Waals surface area contributed by atoms with Crippen LogP contribution in [0.25, 0.3) is 22.2 Å². The van der Waals surface area contributed by atoms with Gasteiger partial charge in [-0.05, 0) is 50.1 Å². The number of pyridine rings is 1. The van der Waals surface area contributed by atoms with Crippen LogP contribution in [0.2, 0.25) is 0 Å². The molecule has 0 aliphatic heterocycles. The fourth-order valence-corrected chi connectivity index (χ4v) is 2.48. The molecule has 0 fully saturated rings. The van der Waals surface area contributed by atoms with Gasteiger partial charge in [0.25, 0.3) is 0 Å². The number of hydrogen-bond donors (Lipinski definition) is 1. The van der Waals surface area contributed by atoms with E-state index in [0.29, 0.717) is 4.64 Å². The summed E-state index contributed by atoms with van der Waals surface area (Å²) in [4.78, 5) is 4.52. The zero-order valence-corrected chi connectivity index (χ0v) is 12.5. The van der Waals surface area contributed by atoms with E-state index in [1.807, 2.05) is 26.0 Å². The largest absolute Gasteiger partial charge is 0.267 e. The molecule has 4 heteroatoms. The van der Waals surface area contributed by atoms with Gasteiger partial charge >= 0.3 is 0 Å². The fraction of sp³-hybridized carbons (Fsp3) is 0.188. The summed E-state index contributed by atoms with van der Waals surface area (Å²) < 4.78 is 0.698. The van der Waals surface area contributed by atoms with E-state index in [1.165, 1.54) is 0 Å². The number of nitrogens with one attached hydrogen (secondary N) is 1. The summed E-state index contributed by atoms with van der Waals surface area (Å²) in [6.45, 7) is 6.07. The summed E-state index contributed by atoms with van der Waals surface area (Å²) in [6, 6.07) is 10.3. The van der Waals surface area contributed by atoms with E-state index in [0.717, 1.165) is 39.0 Å². The Morgan fingerprint density at radius 3 is 2.60 bits per heavy atom. The Hall–Kier alpha value is -2.07. The zero-order valence-electron chi connectivity index (χ0n) is 11.7. The highest BCUT2D eigenvalue weighted by molar-refractivity contribution is 7.71. The van der Waals surface area contributed by atoms with Crippen LogP contribution in [0.3, 0.4) is 0 Å². The summed E-state index contributed by atoms with van der Waals surface area (Å²) in [5, 5.41) is 8.42. The molecule has 3 nitrogen and oxygen atoms in total. The average Bonchev–Trinajstić information content (AvgIpc) is 2.44. The van der Waals surface area contributed by atoms with Gasteiger partial charge < -0.3 is 0 Å². The van der Waals surface area contributed by atoms with E-state index in [9.17, 15) is 0 Å². The quantitative estimate of drug-likeness (QED) is 0.677. The number of rotatable bonds is 1. The highest BCUT2D eigenvalue weighted by atomic mass is 32.1. The highest BCUT2D eigenvalue weighted by Crippen LogP contribution is 2.26. The Bertz CT molecular complexity index is 865. The van der Waals surface area contributed by atoms with E-state index in [4.69, 9.17) is 12.2 Å². The predicted molar refractivity (Wildman–Crippen MR) is 84.4 cm³/mol. The fourth-order valence-electron chi connectivity index (χ4n) is 2.28. The predicted octanol–water partition coefficient (Wildman–Crippen LogP) is 4.28. The van der Waals surface area contributed by atoms with Crippen LogP contribution in [0.4, 0.5) is 0 Å². The summed E-state index contributed by atoms with van der Waals surface area (Å²) in [7, 11) is 0. The molecule has 2 heterocycles. The third-order valence-electron chi connectivity index (χ3n) is 3.63. The molecular weight excluding hydrogens is 266 g/mol. The molecular formula is C16H15N3S. The third-order valence-corrected chi connectivity index (χ3v) is 4.03. The van der Waals surface area contributed by atoms with Crippen molar-refractivity contribution < 1.29 is 0 Å². The first-order valence-corrected chi connectivity index (χ1v) is 6.91. The van der Waals surface area contributed by atoms with Crippen molar-refractivity contribution in [3.8, 4) is 11.3 Å². The smallest absolute Gasteiger partial charge is 0.122 e. The summed E-state index contributed by atoms with van der Waals surface area (Å²) in [5.74, 6) is 0. The Morgan fingerprint density at radius 1 is 1.00 bits per heavy atom. The maximum atomic E-state index is 5.21. The van der Waals surface area contributed by atoms with Gasteiger partial charge in [-0.3, -0.25) is 10.1 Å². The molecule has 0 atom stereocenters. The van der Waals surface area contributed by atoms with Gasteiger partial charge in [-0.15, -0.1) is 0 Å². The first-order chi connectivity index (χ1) is 9.56. The van der Waals surface area contributed by atoms with E-state index >= 15 is 0 Å². The van der Waals surface area contributed by atoms with Crippen molar-refractivity contribution in [2.75, 3.05) is 0 Å². The van der Waals surface area contributed by atoms with Crippen LogP contribution in [0.15, 0.2) is 30.3 Å². The van der Waals surface area contributed by atoms with E-state index in [2.05, 4.69) is 40.3 Å². The molecule has 0 saturated heterocycles. The van der Waals surface area contributed by atoms with Crippen LogP contribution in [0, 0.1) is 25.4 Å². The van der Waals surface area contributed by atoms with Crippen molar-refractivity contribution in [2.45, 2.75) is 20.8 Å². The number of aromatic amines is 1. The lowest BCUT2D eigenvalue weighted by Crippen LogP contribution is -1.96. The molecule has 0 bridgehead atoms. The standard InChI is InChI=1S/C16H15N3S/c1-9-4-5-12-8-13(6-7-14(12)17-9)15-10(2)11(3)16(20)19-18-15/h4-8H,1-3H3,(H,19,20). The lowest BCUT2D eigenvalue weighted by Gasteiger charge is -2.08. The number of H-pyrrole nitrogens is 1. The number of aromatic nitrogens is 3. The summed E-state index contributed by atoms with van der Waals surface area (Å²) in [6.07, 6.45) is 0. The molecule has 3 aromatic rings. The van der Waals surface area contributed by atoms with Crippen LogP contribution < -0.4 is 0 Å². The first-order valence-electron chi connectivity index (χ1n) is 6.50. The Kier molecular flexibility index (Phi) is 3.10. The molecule has 0 aliphatic rings. The van der Waals surface area contributed by atoms with E-state index in [1.54, 1.807) is 0 Å². The summed E-state index contributed by atoms with van der Waals surface area (Å²) in [5.41, 5.74) is 6.25. The van der Waals surface area contributed by atoms with Crippen LogP contribution in [-0.4, -0.2) is 15.2 Å². The molecule has 0 amide bonds. The number of fused-ring (bicyclic) bond motifs is 1. The molecule has 0 unspecified atom stereocenters. The normalized spacial score (nSPS) is 10.9. The van der Waals surface area contributed by atoms with Crippen LogP contribution in [0.5, 0.6) is 0 Å². The minimum absolute atomic E-state index is 0.698. The van der Waals surface area contributed by atoms with Gasteiger partial charge in [-0.25, -0.2) is 0 Å². The lowest BCUT2D eigenvalue weighted by atomic mass is 10.0. The van der Waals surface area contributed by atoms with Gasteiger partial charge in [-0.1, -0.05) is 24.4 Å². The number of benzene rings is 1. The first kappa shape index (κ1) is 12.9. The number of aryl methyl sites for hydroxylation is 1. The molecule has 3 rings (SSSR count). The molecule has 1 aromatic carbocycles. The Morgan fingerprint density at radius 2 is 1.80 bits per heavy atom. The van der Waals surface area contributed by atoms with Crippen molar-refractivity contribution in [3.05, 3.63) is 51.8 Å². The van der Waals surface area contributed by atoms with Gasteiger partial charge in [0, 0.05) is 16.6 Å². The van der Waals surface area contributed by atoms with Crippen molar-refractivity contribution in [3.63, 3.8) is 0 Å². The summed E-state index contributed by atoms with van der Waals surface area (Å²) >= 11 is 5.21. The third kappa shape index (κ3) is 2.12. The monoisotopic (exact) mass is 281 g/mol. The maximum Gasteiger partial charge on any atom is 0.122 e. The second kappa shape index (κ2) is 4.80. The van der Waals surface area contributed by atoms with E-state index < -0.39 is 0 Å². The topological polar surface area (TPSA) is 41.6 Å². The Labute approximate surface area is 122 Å². The van der Waals surface area contributed by atoms with Gasteiger partial charge in [-0.2, -0.15) is 5.10 Å². The number of nitrogens with zero attached hydrogens (tertiary/aromatic N) is 2. The maximum absolute atomic E-state index is 5.21. The van der Waals surface area contributed by atoms with Crippen molar-refractivity contribution in [2.24, 2.45) is 0 Å². The minimum atomic E-state index is 0.698. The van der Waals surface area contributed by atoms with Crippen molar-refractivity contribution in [1.82, 2.24) is 15.2 Å². The number of hydrogen-bond acceptors (Lipinski definition) is 3. The lowest BCUT2D eigenvalue weighted by molar-refractivity contribution is 0.987. The molecule has 100 valence electrons. The van der Waals surface area contributed by atoms with Gasteiger partial charge in [0.05, 0.1) is 11.2 Å². The highest BCUT2D eigenvalue weighted by Gasteiger charge is 2.08. The molecule has 0 radical (unpaired) electrons. The van der Waals surface area contributed by atoms with Crippen LogP contribution in [-0.2, 0) is 0 Å². The van der Waals surface area contributed by atoms with Gasteiger partial charge in [0.2, 0.25) is 0 Å². The van der Waals surface area contributed by atoms with Crippen molar-refractivity contribution >= 4 is 23.1 Å². The van der Waals surface area contributed by atoms with Crippen molar-refractivity contribution in [1.29, 1.82) is 0 Å². The minimum Gasteiger partial charge on any atom is -0.267 e. The second-order valence-electron chi connectivity index (χ2n) is 5.01. The zero-order chi connectivity index (χ0) is 14.3. The molecule has 0 spiro atoms. The molecule has 20 heavy (non-hydrogen) atoms. The van der Waals surface area contributed by atoms with Gasteiger partial charge in [0.15, 0.2) is 0 Å². The molecule has 0 saturated carbocycles. The average molecular weight is 281 g/mol. The molecule has 1 N–H and O–H groups in total.